The first-order chi connectivity index (χ1) is 11.0. The van der Waals surface area contributed by atoms with Crippen molar-refractivity contribution in [3.05, 3.63) is 58.0 Å². The molecule has 0 radical (unpaired) electrons. The Morgan fingerprint density at radius 1 is 1.22 bits per heavy atom. The largest absolute Gasteiger partial charge is 0.494 e. The third-order valence-electron chi connectivity index (χ3n) is 3.59. The Balaban J connectivity index is 2.03. The Bertz CT molecular complexity index is 755. The van der Waals surface area contributed by atoms with Gasteiger partial charge in [0.2, 0.25) is 0 Å². The van der Waals surface area contributed by atoms with Gasteiger partial charge in [-0.05, 0) is 48.7 Å². The van der Waals surface area contributed by atoms with Crippen LogP contribution in [0.4, 0.5) is 5.69 Å². The van der Waals surface area contributed by atoms with E-state index in [0.717, 1.165) is 11.4 Å². The minimum atomic E-state index is -0.230. The molecule has 0 fully saturated rings. The topological polar surface area (TPSA) is 81.0 Å². The van der Waals surface area contributed by atoms with E-state index in [1.54, 1.807) is 22.8 Å². The van der Waals surface area contributed by atoms with Crippen molar-refractivity contribution >= 4 is 5.69 Å². The van der Waals surface area contributed by atoms with Crippen LogP contribution >= 0.6 is 0 Å². The van der Waals surface area contributed by atoms with E-state index < -0.39 is 0 Å². The summed E-state index contributed by atoms with van der Waals surface area (Å²) in [4.78, 5) is 12.3. The molecule has 1 heterocycles. The first-order valence-corrected chi connectivity index (χ1v) is 7.65. The van der Waals surface area contributed by atoms with Crippen molar-refractivity contribution in [1.82, 2.24) is 4.57 Å². The van der Waals surface area contributed by atoms with Crippen LogP contribution < -0.4 is 16.0 Å². The highest BCUT2D eigenvalue weighted by molar-refractivity contribution is 5.41. The van der Waals surface area contributed by atoms with Crippen LogP contribution in [0.25, 0.3) is 0 Å². The number of aromatic nitrogens is 1. The molecular weight excluding hydrogens is 290 g/mol. The van der Waals surface area contributed by atoms with Gasteiger partial charge in [0.25, 0.3) is 5.56 Å². The van der Waals surface area contributed by atoms with Crippen molar-refractivity contribution in [1.29, 1.82) is 5.26 Å². The van der Waals surface area contributed by atoms with Crippen LogP contribution in [0.1, 0.15) is 37.4 Å². The molecule has 0 aliphatic carbocycles. The monoisotopic (exact) mass is 311 g/mol. The van der Waals surface area contributed by atoms with E-state index in [-0.39, 0.29) is 17.0 Å². The summed E-state index contributed by atoms with van der Waals surface area (Å²) in [5.74, 6) is 0.967. The highest BCUT2D eigenvalue weighted by Gasteiger charge is 2.11. The van der Waals surface area contributed by atoms with Crippen molar-refractivity contribution < 1.29 is 4.74 Å². The number of ether oxygens (including phenoxy) is 1. The third kappa shape index (κ3) is 4.13. The summed E-state index contributed by atoms with van der Waals surface area (Å²) in [6, 6.07) is 12.6. The number of nitrogen functional groups attached to an aromatic ring is 1. The average Bonchev–Trinajstić information content (AvgIpc) is 2.54. The van der Waals surface area contributed by atoms with Crippen molar-refractivity contribution in [2.24, 2.45) is 0 Å². The number of benzene rings is 1. The van der Waals surface area contributed by atoms with E-state index in [9.17, 15) is 4.79 Å². The lowest BCUT2D eigenvalue weighted by molar-refractivity contribution is 0.299. The number of anilines is 1. The average molecular weight is 311 g/mol. The van der Waals surface area contributed by atoms with Gasteiger partial charge in [0.15, 0.2) is 0 Å². The van der Waals surface area contributed by atoms with Gasteiger partial charge < -0.3 is 15.0 Å². The quantitative estimate of drug-likeness (QED) is 0.657. The molecule has 0 spiro atoms. The molecule has 0 atom stereocenters. The van der Waals surface area contributed by atoms with Gasteiger partial charge in [-0.15, -0.1) is 0 Å². The van der Waals surface area contributed by atoms with Crippen LogP contribution in [0.5, 0.6) is 5.75 Å². The molecule has 0 aliphatic heterocycles. The van der Waals surface area contributed by atoms with E-state index in [4.69, 9.17) is 15.7 Å². The van der Waals surface area contributed by atoms with Crippen LogP contribution in [-0.4, -0.2) is 11.2 Å². The van der Waals surface area contributed by atoms with Gasteiger partial charge in [0.05, 0.1) is 6.61 Å². The van der Waals surface area contributed by atoms with Crippen LogP contribution in [0.2, 0.25) is 0 Å². The number of pyridine rings is 1. The standard InChI is InChI=1S/C18H21N3O2/c1-13(2)17-9-4-14(12-19)18(22)21(17)10-3-11-23-16-7-5-15(20)6-8-16/h4-9,13H,3,10-11,20H2,1-2H3. The van der Waals surface area contributed by atoms with Gasteiger partial charge in [-0.2, -0.15) is 5.26 Å². The molecule has 0 saturated carbocycles. The number of rotatable bonds is 6. The summed E-state index contributed by atoms with van der Waals surface area (Å²) in [5.41, 5.74) is 7.20. The first-order valence-electron chi connectivity index (χ1n) is 7.65. The van der Waals surface area contributed by atoms with Crippen LogP contribution in [0.15, 0.2) is 41.2 Å². The Labute approximate surface area is 135 Å². The fourth-order valence-corrected chi connectivity index (χ4v) is 2.39. The zero-order chi connectivity index (χ0) is 16.8. The highest BCUT2D eigenvalue weighted by Crippen LogP contribution is 2.15. The number of hydrogen-bond donors (Lipinski definition) is 1. The normalized spacial score (nSPS) is 10.5. The second-order valence-electron chi connectivity index (χ2n) is 5.67. The summed E-state index contributed by atoms with van der Waals surface area (Å²) in [7, 11) is 0. The summed E-state index contributed by atoms with van der Waals surface area (Å²) >= 11 is 0. The molecule has 0 amide bonds. The molecule has 1 aromatic carbocycles. The van der Waals surface area contributed by atoms with Crippen molar-refractivity contribution in [2.75, 3.05) is 12.3 Å². The lowest BCUT2D eigenvalue weighted by Crippen LogP contribution is -2.27. The Kier molecular flexibility index (Phi) is 5.42. The molecule has 2 aromatic rings. The maximum Gasteiger partial charge on any atom is 0.268 e. The summed E-state index contributed by atoms with van der Waals surface area (Å²) in [6.07, 6.45) is 0.679. The molecule has 2 N–H and O–H groups in total. The van der Waals surface area contributed by atoms with Gasteiger partial charge in [0, 0.05) is 17.9 Å². The molecule has 0 unspecified atom stereocenters. The Hall–Kier alpha value is -2.74. The molecule has 5 heteroatoms. The van der Waals surface area contributed by atoms with Crippen LogP contribution in [0, 0.1) is 11.3 Å². The molecule has 23 heavy (non-hydrogen) atoms. The number of nitriles is 1. The van der Waals surface area contributed by atoms with E-state index in [1.165, 1.54) is 0 Å². The van der Waals surface area contributed by atoms with Gasteiger partial charge in [-0.1, -0.05) is 13.8 Å². The molecule has 5 nitrogen and oxygen atoms in total. The fraction of sp³-hybridized carbons (Fsp3) is 0.333. The molecule has 2 rings (SSSR count). The lowest BCUT2D eigenvalue weighted by atomic mass is 10.1. The first kappa shape index (κ1) is 16.6. The summed E-state index contributed by atoms with van der Waals surface area (Å²) < 4.78 is 7.32. The fourth-order valence-electron chi connectivity index (χ4n) is 2.39. The summed E-state index contributed by atoms with van der Waals surface area (Å²) in [5, 5.41) is 9.02. The van der Waals surface area contributed by atoms with Gasteiger partial charge in [-0.25, -0.2) is 0 Å². The molecular formula is C18H21N3O2. The molecule has 1 aromatic heterocycles. The van der Waals surface area contributed by atoms with E-state index >= 15 is 0 Å². The maximum absolute atomic E-state index is 12.3. The number of nitrogens with two attached hydrogens (primary N) is 1. The zero-order valence-corrected chi connectivity index (χ0v) is 13.5. The van der Waals surface area contributed by atoms with Gasteiger partial charge in [0.1, 0.15) is 17.4 Å². The highest BCUT2D eigenvalue weighted by atomic mass is 16.5. The predicted molar refractivity (Wildman–Crippen MR) is 90.5 cm³/mol. The van der Waals surface area contributed by atoms with Gasteiger partial charge in [-0.3, -0.25) is 4.79 Å². The molecule has 0 saturated heterocycles. The van der Waals surface area contributed by atoms with Gasteiger partial charge >= 0.3 is 0 Å². The van der Waals surface area contributed by atoms with Crippen molar-refractivity contribution in [3.8, 4) is 11.8 Å². The second kappa shape index (κ2) is 7.50. The smallest absolute Gasteiger partial charge is 0.268 e. The molecule has 120 valence electrons. The summed E-state index contributed by atoms with van der Waals surface area (Å²) in [6.45, 7) is 5.08. The molecule has 0 bridgehead atoms. The zero-order valence-electron chi connectivity index (χ0n) is 13.5. The van der Waals surface area contributed by atoms with Crippen molar-refractivity contribution in [2.45, 2.75) is 32.7 Å². The van der Waals surface area contributed by atoms with E-state index in [1.807, 2.05) is 38.1 Å². The lowest BCUT2D eigenvalue weighted by Gasteiger charge is -2.16. The van der Waals surface area contributed by atoms with Crippen LogP contribution in [0.3, 0.4) is 0 Å². The minimum absolute atomic E-state index is 0.175. The minimum Gasteiger partial charge on any atom is -0.494 e. The van der Waals surface area contributed by atoms with Crippen LogP contribution in [-0.2, 0) is 6.54 Å². The van der Waals surface area contributed by atoms with E-state index in [0.29, 0.717) is 25.3 Å². The third-order valence-corrected chi connectivity index (χ3v) is 3.59. The predicted octanol–water partition coefficient (Wildman–Crippen LogP) is 2.89. The van der Waals surface area contributed by atoms with E-state index in [2.05, 4.69) is 0 Å². The Morgan fingerprint density at radius 3 is 2.52 bits per heavy atom. The van der Waals surface area contributed by atoms with Crippen molar-refractivity contribution in [3.63, 3.8) is 0 Å². The SMILES string of the molecule is CC(C)c1ccc(C#N)c(=O)n1CCCOc1ccc(N)cc1. The second-order valence-corrected chi connectivity index (χ2v) is 5.67. The maximum atomic E-state index is 12.3. The number of nitrogens with zero attached hydrogens (tertiary/aromatic N) is 2. The number of hydrogen-bond acceptors (Lipinski definition) is 4. The Morgan fingerprint density at radius 2 is 1.91 bits per heavy atom. The molecule has 0 aliphatic rings.